The van der Waals surface area contributed by atoms with Gasteiger partial charge >= 0.3 is 0 Å². The lowest BCUT2D eigenvalue weighted by Gasteiger charge is -2.33. The van der Waals surface area contributed by atoms with Crippen molar-refractivity contribution < 1.29 is 4.74 Å². The van der Waals surface area contributed by atoms with Crippen LogP contribution >= 0.6 is 0 Å². The minimum atomic E-state index is 0.337. The van der Waals surface area contributed by atoms with E-state index < -0.39 is 0 Å². The van der Waals surface area contributed by atoms with Crippen molar-refractivity contribution in [2.45, 2.75) is 38.8 Å². The van der Waals surface area contributed by atoms with E-state index in [0.717, 1.165) is 57.0 Å². The van der Waals surface area contributed by atoms with E-state index in [1.165, 1.54) is 0 Å². The molecular formula is C14H24N4O. The second-order valence-electron chi connectivity index (χ2n) is 4.98. The van der Waals surface area contributed by atoms with Gasteiger partial charge in [0, 0.05) is 32.4 Å². The smallest absolute Gasteiger partial charge is 0.147 e. The number of piperidine rings is 1. The maximum atomic E-state index is 5.86. The van der Waals surface area contributed by atoms with Gasteiger partial charge in [0.05, 0.1) is 18.0 Å². The molecule has 5 nitrogen and oxygen atoms in total. The second-order valence-corrected chi connectivity index (χ2v) is 4.98. The highest BCUT2D eigenvalue weighted by Crippen LogP contribution is 2.19. The molecule has 1 saturated heterocycles. The number of anilines is 1. The first-order valence-corrected chi connectivity index (χ1v) is 7.15. The van der Waals surface area contributed by atoms with Crippen LogP contribution in [0.2, 0.25) is 0 Å². The van der Waals surface area contributed by atoms with Gasteiger partial charge in [0.25, 0.3) is 0 Å². The third-order valence-electron chi connectivity index (χ3n) is 3.29. The molecule has 19 heavy (non-hydrogen) atoms. The maximum absolute atomic E-state index is 5.86. The van der Waals surface area contributed by atoms with Gasteiger partial charge in [-0.1, -0.05) is 6.92 Å². The molecule has 1 aliphatic rings. The van der Waals surface area contributed by atoms with Crippen LogP contribution in [-0.4, -0.2) is 42.8 Å². The zero-order chi connectivity index (χ0) is 13.5. The monoisotopic (exact) mass is 264 g/mol. The third kappa shape index (κ3) is 4.14. The Hall–Kier alpha value is -1.20. The minimum Gasteiger partial charge on any atom is -0.376 e. The number of hydrogen-bond donors (Lipinski definition) is 1. The van der Waals surface area contributed by atoms with E-state index in [4.69, 9.17) is 4.74 Å². The van der Waals surface area contributed by atoms with Crippen molar-refractivity contribution in [3.63, 3.8) is 0 Å². The van der Waals surface area contributed by atoms with E-state index >= 15 is 0 Å². The lowest BCUT2D eigenvalue weighted by Crippen LogP contribution is -2.40. The van der Waals surface area contributed by atoms with Crippen LogP contribution in [0.15, 0.2) is 12.4 Å². The van der Waals surface area contributed by atoms with E-state index in [9.17, 15) is 0 Å². The van der Waals surface area contributed by atoms with Gasteiger partial charge in [0.2, 0.25) is 0 Å². The quantitative estimate of drug-likeness (QED) is 0.845. The van der Waals surface area contributed by atoms with Crippen molar-refractivity contribution in [3.8, 4) is 0 Å². The molecule has 1 aromatic rings. The van der Waals surface area contributed by atoms with Gasteiger partial charge in [-0.3, -0.25) is 4.98 Å². The molecule has 1 fully saturated rings. The summed E-state index contributed by atoms with van der Waals surface area (Å²) in [6, 6.07) is 0. The fraction of sp³-hybridized carbons (Fsp3) is 0.714. The number of ether oxygens (including phenoxy) is 1. The molecule has 0 amide bonds. The van der Waals surface area contributed by atoms with Gasteiger partial charge in [-0.25, -0.2) is 4.98 Å². The molecule has 0 spiro atoms. The van der Waals surface area contributed by atoms with E-state index in [2.05, 4.69) is 27.1 Å². The molecule has 1 aromatic heterocycles. The molecule has 0 aliphatic carbocycles. The summed E-state index contributed by atoms with van der Waals surface area (Å²) in [5, 5.41) is 3.11. The fourth-order valence-electron chi connectivity index (χ4n) is 2.38. The van der Waals surface area contributed by atoms with Crippen molar-refractivity contribution in [3.05, 3.63) is 18.1 Å². The van der Waals surface area contributed by atoms with Crippen molar-refractivity contribution in [2.24, 2.45) is 0 Å². The van der Waals surface area contributed by atoms with Gasteiger partial charge in [0.15, 0.2) is 0 Å². The first-order valence-electron chi connectivity index (χ1n) is 7.15. The number of nitrogens with one attached hydrogen (secondary N) is 1. The van der Waals surface area contributed by atoms with Crippen LogP contribution in [0.1, 0.15) is 31.9 Å². The van der Waals surface area contributed by atoms with Gasteiger partial charge in [-0.15, -0.1) is 0 Å². The minimum absolute atomic E-state index is 0.337. The van der Waals surface area contributed by atoms with Gasteiger partial charge in [-0.05, 0) is 26.3 Å². The van der Waals surface area contributed by atoms with Crippen LogP contribution in [0.3, 0.4) is 0 Å². The molecule has 1 aliphatic heterocycles. The molecule has 2 rings (SSSR count). The van der Waals surface area contributed by atoms with Gasteiger partial charge in [0.1, 0.15) is 5.82 Å². The summed E-state index contributed by atoms with van der Waals surface area (Å²) >= 11 is 0. The third-order valence-corrected chi connectivity index (χ3v) is 3.29. The molecule has 0 saturated carbocycles. The number of rotatable bonds is 6. The molecule has 1 N–H and O–H groups in total. The van der Waals surface area contributed by atoms with Crippen LogP contribution in [0, 0.1) is 0 Å². The van der Waals surface area contributed by atoms with E-state index in [1.807, 2.05) is 19.4 Å². The Morgan fingerprint density at radius 2 is 2.37 bits per heavy atom. The molecule has 1 atom stereocenters. The Morgan fingerprint density at radius 3 is 3.16 bits per heavy atom. The van der Waals surface area contributed by atoms with Crippen molar-refractivity contribution in [1.82, 2.24) is 15.3 Å². The average molecular weight is 264 g/mol. The maximum Gasteiger partial charge on any atom is 0.147 e. The Morgan fingerprint density at radius 1 is 1.47 bits per heavy atom. The normalized spacial score (nSPS) is 19.7. The fourth-order valence-corrected chi connectivity index (χ4v) is 2.38. The lowest BCUT2D eigenvalue weighted by molar-refractivity contribution is 0.0439. The number of aromatic nitrogens is 2. The van der Waals surface area contributed by atoms with Crippen LogP contribution < -0.4 is 10.2 Å². The van der Waals surface area contributed by atoms with Crippen LogP contribution in [0.4, 0.5) is 5.82 Å². The first-order chi connectivity index (χ1) is 9.33. The Kier molecular flexibility index (Phi) is 5.54. The van der Waals surface area contributed by atoms with Crippen molar-refractivity contribution >= 4 is 5.82 Å². The lowest BCUT2D eigenvalue weighted by atomic mass is 10.1. The molecule has 1 unspecified atom stereocenters. The highest BCUT2D eigenvalue weighted by molar-refractivity contribution is 5.37. The highest BCUT2D eigenvalue weighted by Gasteiger charge is 2.21. The average Bonchev–Trinajstić information content (AvgIpc) is 2.46. The van der Waals surface area contributed by atoms with Crippen molar-refractivity contribution in [2.75, 3.05) is 31.6 Å². The van der Waals surface area contributed by atoms with Gasteiger partial charge in [-0.2, -0.15) is 0 Å². The number of nitrogens with zero attached hydrogens (tertiary/aromatic N) is 3. The Bertz CT molecular complexity index is 385. The summed E-state index contributed by atoms with van der Waals surface area (Å²) in [6.45, 7) is 5.73. The molecule has 2 heterocycles. The summed E-state index contributed by atoms with van der Waals surface area (Å²) in [6.07, 6.45) is 7.39. The predicted molar refractivity (Wildman–Crippen MR) is 76.3 cm³/mol. The molecular weight excluding hydrogens is 240 g/mol. The second kappa shape index (κ2) is 7.40. The molecule has 0 radical (unpaired) electrons. The predicted octanol–water partition coefficient (Wildman–Crippen LogP) is 1.59. The Labute approximate surface area is 115 Å². The summed E-state index contributed by atoms with van der Waals surface area (Å²) in [5.41, 5.74) is 0.983. The van der Waals surface area contributed by atoms with Crippen molar-refractivity contribution in [1.29, 1.82) is 0 Å². The topological polar surface area (TPSA) is 50.3 Å². The standard InChI is InChI=1S/C14H24N4O/c1-3-7-19-13-5-4-6-18(11-13)14-10-16-9-12(17-14)8-15-2/h9-10,13,15H,3-8,11H2,1-2H3. The van der Waals surface area contributed by atoms with Crippen LogP contribution in [-0.2, 0) is 11.3 Å². The summed E-state index contributed by atoms with van der Waals surface area (Å²) in [4.78, 5) is 11.2. The van der Waals surface area contributed by atoms with E-state index in [1.54, 1.807) is 0 Å². The summed E-state index contributed by atoms with van der Waals surface area (Å²) in [5.74, 6) is 0.970. The molecule has 106 valence electrons. The zero-order valence-corrected chi connectivity index (χ0v) is 11.9. The summed E-state index contributed by atoms with van der Waals surface area (Å²) < 4.78 is 5.86. The highest BCUT2D eigenvalue weighted by atomic mass is 16.5. The van der Waals surface area contributed by atoms with Gasteiger partial charge < -0.3 is 15.0 Å². The summed E-state index contributed by atoms with van der Waals surface area (Å²) in [7, 11) is 1.92. The Balaban J connectivity index is 1.98. The largest absolute Gasteiger partial charge is 0.376 e. The molecule has 5 heteroatoms. The number of hydrogen-bond acceptors (Lipinski definition) is 5. The zero-order valence-electron chi connectivity index (χ0n) is 11.9. The van der Waals surface area contributed by atoms with E-state index in [0.29, 0.717) is 6.10 Å². The van der Waals surface area contributed by atoms with Crippen LogP contribution in [0.5, 0.6) is 0 Å². The molecule has 0 aromatic carbocycles. The van der Waals surface area contributed by atoms with E-state index in [-0.39, 0.29) is 0 Å². The molecule has 0 bridgehead atoms. The van der Waals surface area contributed by atoms with Crippen LogP contribution in [0.25, 0.3) is 0 Å². The first kappa shape index (κ1) is 14.2. The SMILES string of the molecule is CCCOC1CCCN(c2cncc(CNC)n2)C1.